The first kappa shape index (κ1) is 15.8. The van der Waals surface area contributed by atoms with Gasteiger partial charge in [0.2, 0.25) is 10.0 Å². The predicted molar refractivity (Wildman–Crippen MR) is 85.3 cm³/mol. The number of hydrogen-bond donors (Lipinski definition) is 1. The fraction of sp³-hybridized carbons (Fsp3) is 0.214. The Hall–Kier alpha value is -2.10. The Morgan fingerprint density at radius 2 is 2.17 bits per heavy atom. The van der Waals surface area contributed by atoms with Crippen molar-refractivity contribution in [3.05, 3.63) is 46.4 Å². The van der Waals surface area contributed by atoms with Crippen LogP contribution in [0.4, 0.5) is 0 Å². The van der Waals surface area contributed by atoms with Crippen LogP contribution in [0.2, 0.25) is 0 Å². The van der Waals surface area contributed by atoms with Crippen LogP contribution in [0.1, 0.15) is 16.5 Å². The summed E-state index contributed by atoms with van der Waals surface area (Å²) in [6.45, 7) is 3.27. The van der Waals surface area contributed by atoms with Crippen molar-refractivity contribution in [2.45, 2.75) is 25.3 Å². The van der Waals surface area contributed by atoms with Gasteiger partial charge < -0.3 is 4.52 Å². The third kappa shape index (κ3) is 3.31. The van der Waals surface area contributed by atoms with Crippen LogP contribution >= 0.6 is 11.3 Å². The largest absolute Gasteiger partial charge is 0.360 e. The minimum absolute atomic E-state index is 0.0848. The van der Waals surface area contributed by atoms with Crippen LogP contribution in [0.25, 0.3) is 11.3 Å². The molecule has 23 heavy (non-hydrogen) atoms. The monoisotopic (exact) mass is 350 g/mol. The van der Waals surface area contributed by atoms with E-state index in [1.165, 1.54) is 11.3 Å². The van der Waals surface area contributed by atoms with Gasteiger partial charge in [0.25, 0.3) is 0 Å². The number of rotatable bonds is 5. The van der Waals surface area contributed by atoms with Crippen molar-refractivity contribution >= 4 is 21.4 Å². The van der Waals surface area contributed by atoms with Gasteiger partial charge in [-0.3, -0.25) is 4.98 Å². The summed E-state index contributed by atoms with van der Waals surface area (Å²) in [4.78, 5) is 8.55. The molecule has 0 saturated carbocycles. The zero-order valence-corrected chi connectivity index (χ0v) is 14.1. The number of hydrogen-bond acceptors (Lipinski definition) is 7. The Morgan fingerprint density at radius 3 is 2.83 bits per heavy atom. The Kier molecular flexibility index (Phi) is 4.24. The zero-order chi connectivity index (χ0) is 16.4. The number of aromatic nitrogens is 3. The molecule has 0 fully saturated rings. The Balaban J connectivity index is 1.75. The lowest BCUT2D eigenvalue weighted by molar-refractivity contribution is 0.390. The molecule has 0 atom stereocenters. The van der Waals surface area contributed by atoms with Crippen molar-refractivity contribution in [1.29, 1.82) is 0 Å². The van der Waals surface area contributed by atoms with Crippen molar-refractivity contribution in [3.8, 4) is 11.3 Å². The van der Waals surface area contributed by atoms with Crippen LogP contribution in [-0.2, 0) is 16.6 Å². The van der Waals surface area contributed by atoms with E-state index in [0.717, 1.165) is 11.3 Å². The van der Waals surface area contributed by atoms with Crippen LogP contribution in [0, 0.1) is 13.8 Å². The van der Waals surface area contributed by atoms with Gasteiger partial charge in [0.15, 0.2) is 5.76 Å². The van der Waals surface area contributed by atoms with Gasteiger partial charge in [0.05, 0.1) is 12.2 Å². The number of aryl methyl sites for hydroxylation is 2. The van der Waals surface area contributed by atoms with E-state index in [9.17, 15) is 8.42 Å². The molecule has 7 nitrogen and oxygen atoms in total. The van der Waals surface area contributed by atoms with Crippen LogP contribution in [0.5, 0.6) is 0 Å². The van der Waals surface area contributed by atoms with Crippen molar-refractivity contribution < 1.29 is 12.9 Å². The Morgan fingerprint density at radius 1 is 1.35 bits per heavy atom. The molecular formula is C14H14N4O3S2. The molecule has 1 N–H and O–H groups in total. The van der Waals surface area contributed by atoms with E-state index in [1.54, 1.807) is 26.2 Å². The fourth-order valence-corrected chi connectivity index (χ4v) is 4.27. The molecule has 0 radical (unpaired) electrons. The summed E-state index contributed by atoms with van der Waals surface area (Å²) in [6.07, 6.45) is 3.40. The summed E-state index contributed by atoms with van der Waals surface area (Å²) in [6, 6.07) is 3.73. The molecule has 0 saturated heterocycles. The molecule has 0 spiro atoms. The lowest BCUT2D eigenvalue weighted by atomic mass is 10.2. The normalized spacial score (nSPS) is 11.7. The van der Waals surface area contributed by atoms with Crippen LogP contribution in [0.15, 0.2) is 39.3 Å². The summed E-state index contributed by atoms with van der Waals surface area (Å²) in [5.74, 6) is 0.269. The number of nitrogens with one attached hydrogen (secondary N) is 1. The van der Waals surface area contributed by atoms with Gasteiger partial charge in [-0.05, 0) is 26.0 Å². The Bertz CT molecular complexity index is 897. The molecule has 3 aromatic heterocycles. The topological polar surface area (TPSA) is 98.0 Å². The molecule has 3 aromatic rings. The van der Waals surface area contributed by atoms with Crippen LogP contribution in [0.3, 0.4) is 0 Å². The lowest BCUT2D eigenvalue weighted by Gasteiger charge is -2.04. The number of nitrogens with zero attached hydrogens (tertiary/aromatic N) is 3. The van der Waals surface area contributed by atoms with Crippen molar-refractivity contribution in [1.82, 2.24) is 19.8 Å². The summed E-state index contributed by atoms with van der Waals surface area (Å²) in [7, 11) is -3.68. The van der Waals surface area contributed by atoms with Crippen LogP contribution < -0.4 is 4.72 Å². The second-order valence-electron chi connectivity index (χ2n) is 4.85. The highest BCUT2D eigenvalue weighted by atomic mass is 32.2. The molecule has 0 amide bonds. The summed E-state index contributed by atoms with van der Waals surface area (Å²) < 4.78 is 32.1. The first-order chi connectivity index (χ1) is 11.0. The van der Waals surface area contributed by atoms with Gasteiger partial charge in [-0.15, -0.1) is 11.3 Å². The molecule has 3 heterocycles. The van der Waals surface area contributed by atoms with Gasteiger partial charge >= 0.3 is 0 Å². The molecule has 9 heteroatoms. The molecule has 0 aliphatic heterocycles. The average Bonchev–Trinajstić information content (AvgIpc) is 3.13. The van der Waals surface area contributed by atoms with Crippen molar-refractivity contribution in [3.63, 3.8) is 0 Å². The quantitative estimate of drug-likeness (QED) is 0.758. The highest BCUT2D eigenvalue weighted by Crippen LogP contribution is 2.22. The minimum atomic E-state index is -3.68. The molecule has 120 valence electrons. The van der Waals surface area contributed by atoms with Crippen molar-refractivity contribution in [2.75, 3.05) is 0 Å². The van der Waals surface area contributed by atoms with E-state index >= 15 is 0 Å². The van der Waals surface area contributed by atoms with Gasteiger partial charge in [-0.1, -0.05) is 5.16 Å². The van der Waals surface area contributed by atoms with Gasteiger partial charge in [0.1, 0.15) is 15.6 Å². The first-order valence-electron chi connectivity index (χ1n) is 6.75. The second-order valence-corrected chi connectivity index (χ2v) is 7.49. The van der Waals surface area contributed by atoms with E-state index in [0.29, 0.717) is 10.7 Å². The molecular weight excluding hydrogens is 336 g/mol. The van der Waals surface area contributed by atoms with E-state index in [2.05, 4.69) is 19.8 Å². The van der Waals surface area contributed by atoms with Gasteiger partial charge in [0, 0.05) is 23.3 Å². The zero-order valence-electron chi connectivity index (χ0n) is 12.5. The predicted octanol–water partition coefficient (Wildman–Crippen LogP) is 2.29. The summed E-state index contributed by atoms with van der Waals surface area (Å²) in [5.41, 5.74) is 2.00. The number of pyridine rings is 1. The molecule has 0 unspecified atom stereocenters. The van der Waals surface area contributed by atoms with E-state index < -0.39 is 10.0 Å². The number of sulfonamides is 1. The average molecular weight is 350 g/mol. The van der Waals surface area contributed by atoms with E-state index in [1.807, 2.05) is 17.5 Å². The maximum absolute atomic E-state index is 12.3. The lowest BCUT2D eigenvalue weighted by Crippen LogP contribution is -2.24. The van der Waals surface area contributed by atoms with E-state index in [-0.39, 0.29) is 17.2 Å². The molecule has 3 rings (SSSR count). The molecule has 0 aromatic carbocycles. The first-order valence-corrected chi connectivity index (χ1v) is 9.11. The van der Waals surface area contributed by atoms with E-state index in [4.69, 9.17) is 4.52 Å². The third-order valence-electron chi connectivity index (χ3n) is 3.16. The third-order valence-corrected chi connectivity index (χ3v) is 5.65. The maximum atomic E-state index is 12.3. The number of thiazole rings is 1. The standard InChI is InChI=1S/C14H14N4O3S2/c1-9-14(10(2)21-18-9)23(19,20)16-7-13-17-12(8-22-13)11-4-3-5-15-6-11/h3-6,8,16H,7H2,1-2H3. The minimum Gasteiger partial charge on any atom is -0.360 e. The van der Waals surface area contributed by atoms with Gasteiger partial charge in [-0.2, -0.15) is 0 Å². The van der Waals surface area contributed by atoms with Gasteiger partial charge in [-0.25, -0.2) is 18.1 Å². The molecule has 0 aliphatic carbocycles. The van der Waals surface area contributed by atoms with Crippen molar-refractivity contribution in [2.24, 2.45) is 0 Å². The highest BCUT2D eigenvalue weighted by Gasteiger charge is 2.24. The summed E-state index contributed by atoms with van der Waals surface area (Å²) >= 11 is 1.39. The van der Waals surface area contributed by atoms with Crippen LogP contribution in [-0.4, -0.2) is 23.5 Å². The highest BCUT2D eigenvalue weighted by molar-refractivity contribution is 7.89. The molecule has 0 aliphatic rings. The summed E-state index contributed by atoms with van der Waals surface area (Å²) in [5, 5.41) is 6.20. The Labute approximate surface area is 137 Å². The maximum Gasteiger partial charge on any atom is 0.246 e. The second kappa shape index (κ2) is 6.19. The smallest absolute Gasteiger partial charge is 0.246 e. The fourth-order valence-electron chi connectivity index (χ4n) is 2.13. The molecule has 0 bridgehead atoms. The SMILES string of the molecule is Cc1noc(C)c1S(=O)(=O)NCc1nc(-c2cccnc2)cs1.